The standard InChI is InChI=1S/C24H41N3O19P2/c1-39-47(37,42-12-14-19(33)21(35)22(43-14)27-7-6-16(31)26-24(27)36)46-48(38,40-2)45-23-17(20(34)18(32)13(11-29)44-23)25-15(30)5-3-9-41-10-4-8-28/h6-7,13-14,17-23,28-29,32-35H,3-5,8-12H2,1-2H3,(H,25,30)(H,26,31,36)/t13?,14?,17?,18-,19?,20+,21?,22?,23-,47?,48?/m0/s1. The average Bonchev–Trinajstić information content (AvgIpc) is 3.33. The number of aromatic nitrogens is 2. The highest BCUT2D eigenvalue weighted by molar-refractivity contribution is 7.62. The van der Waals surface area contributed by atoms with Gasteiger partial charge < -0.3 is 50.2 Å². The number of nitrogens with zero attached hydrogens (tertiary/aromatic N) is 1. The number of ether oxygens (including phenoxy) is 3. The first-order valence-electron chi connectivity index (χ1n) is 14.5. The monoisotopic (exact) mass is 737 g/mol. The zero-order valence-electron chi connectivity index (χ0n) is 25.8. The summed E-state index contributed by atoms with van der Waals surface area (Å²) in [4.78, 5) is 38.1. The van der Waals surface area contributed by atoms with Crippen LogP contribution in [0.4, 0.5) is 0 Å². The molecule has 0 aromatic carbocycles. The number of hydrogen-bond donors (Lipinski definition) is 8. The molecule has 3 heterocycles. The minimum atomic E-state index is -5.10. The van der Waals surface area contributed by atoms with E-state index in [1.807, 2.05) is 4.98 Å². The molecule has 3 rings (SSSR count). The Labute approximate surface area is 272 Å². The molecule has 1 aromatic heterocycles. The Bertz CT molecular complexity index is 1390. The summed E-state index contributed by atoms with van der Waals surface area (Å²) in [6, 6.07) is -0.674. The van der Waals surface area contributed by atoms with Crippen molar-refractivity contribution in [1.82, 2.24) is 14.9 Å². The largest absolute Gasteiger partial charge is 0.485 e. The Morgan fingerprint density at radius 3 is 2.25 bits per heavy atom. The van der Waals surface area contributed by atoms with Crippen LogP contribution in [0.3, 0.4) is 0 Å². The molecule has 11 atom stereocenters. The second kappa shape index (κ2) is 18.3. The Hall–Kier alpha value is -1.95. The lowest BCUT2D eigenvalue weighted by molar-refractivity contribution is -0.248. The summed E-state index contributed by atoms with van der Waals surface area (Å²) in [6.45, 7) is -1.34. The van der Waals surface area contributed by atoms with Crippen molar-refractivity contribution in [2.75, 3.05) is 47.3 Å². The molecule has 1 amide bonds. The van der Waals surface area contributed by atoms with Crippen LogP contribution < -0.4 is 16.6 Å². The van der Waals surface area contributed by atoms with Crippen molar-refractivity contribution in [1.29, 1.82) is 0 Å². The summed E-state index contributed by atoms with van der Waals surface area (Å²) >= 11 is 0. The maximum atomic E-state index is 13.5. The first kappa shape index (κ1) is 40.5. The third-order valence-corrected chi connectivity index (χ3v) is 10.5. The molecule has 2 aliphatic rings. The molecule has 0 saturated carbocycles. The molecule has 2 fully saturated rings. The molecular weight excluding hydrogens is 696 g/mol. The van der Waals surface area contributed by atoms with Gasteiger partial charge in [0.2, 0.25) is 5.91 Å². The van der Waals surface area contributed by atoms with E-state index < -0.39 is 101 Å². The summed E-state index contributed by atoms with van der Waals surface area (Å²) in [5.74, 6) is -0.685. The summed E-state index contributed by atoms with van der Waals surface area (Å²) in [5, 5.41) is 62.7. The molecule has 48 heavy (non-hydrogen) atoms. The topological polar surface area (TPSA) is 313 Å². The van der Waals surface area contributed by atoms with Gasteiger partial charge in [0, 0.05) is 52.7 Å². The van der Waals surface area contributed by atoms with Crippen LogP contribution >= 0.6 is 15.6 Å². The van der Waals surface area contributed by atoms with Crippen molar-refractivity contribution in [3.05, 3.63) is 33.1 Å². The fraction of sp³-hybridized carbons (Fsp3) is 0.792. The van der Waals surface area contributed by atoms with Crippen molar-refractivity contribution in [2.24, 2.45) is 0 Å². The van der Waals surface area contributed by atoms with Gasteiger partial charge >= 0.3 is 21.3 Å². The van der Waals surface area contributed by atoms with Crippen LogP contribution in [0, 0.1) is 0 Å². The molecule has 2 saturated heterocycles. The van der Waals surface area contributed by atoms with E-state index in [-0.39, 0.29) is 32.7 Å². The van der Waals surface area contributed by atoms with E-state index in [2.05, 4.69) is 5.32 Å². The maximum absolute atomic E-state index is 13.5. The lowest BCUT2D eigenvalue weighted by Gasteiger charge is -2.42. The van der Waals surface area contributed by atoms with Crippen LogP contribution in [0.15, 0.2) is 21.9 Å². The van der Waals surface area contributed by atoms with E-state index >= 15 is 0 Å². The molecule has 0 bridgehead atoms. The Kier molecular flexibility index (Phi) is 15.5. The van der Waals surface area contributed by atoms with Crippen LogP contribution in [-0.4, -0.2) is 142 Å². The summed E-state index contributed by atoms with van der Waals surface area (Å²) in [5.41, 5.74) is -1.69. The molecule has 276 valence electrons. The zero-order valence-corrected chi connectivity index (χ0v) is 27.6. The fourth-order valence-electron chi connectivity index (χ4n) is 4.53. The highest BCUT2D eigenvalue weighted by Crippen LogP contribution is 2.66. The number of hydrogen-bond acceptors (Lipinski definition) is 19. The second-order valence-electron chi connectivity index (χ2n) is 10.4. The van der Waals surface area contributed by atoms with Gasteiger partial charge in [0.05, 0.1) is 13.2 Å². The highest BCUT2D eigenvalue weighted by Gasteiger charge is 2.51. The molecule has 1 aromatic rings. The minimum Gasteiger partial charge on any atom is -0.396 e. The number of aromatic amines is 1. The van der Waals surface area contributed by atoms with Gasteiger partial charge in [-0.25, -0.2) is 13.9 Å². The summed E-state index contributed by atoms with van der Waals surface area (Å²) < 4.78 is 68.7. The van der Waals surface area contributed by atoms with E-state index in [1.54, 1.807) is 0 Å². The van der Waals surface area contributed by atoms with Crippen molar-refractivity contribution in [3.63, 3.8) is 0 Å². The SMILES string of the molecule is COP(=O)(OCC1OC(n2ccc(=O)[nH]c2=O)C(O)C1O)OP(=O)(OC)O[C@@H]1OC(CO)[C@H](O)[C@H](O)C1NC(=O)CCCOCCCO. The van der Waals surface area contributed by atoms with Crippen molar-refractivity contribution < 1.29 is 81.2 Å². The number of rotatable bonds is 19. The summed E-state index contributed by atoms with van der Waals surface area (Å²) in [7, 11) is -8.45. The molecule has 2 aliphatic heterocycles. The van der Waals surface area contributed by atoms with E-state index in [1.165, 1.54) is 0 Å². The van der Waals surface area contributed by atoms with Gasteiger partial charge in [0.15, 0.2) is 12.5 Å². The third-order valence-electron chi connectivity index (χ3n) is 7.09. The normalized spacial score (nSPS) is 31.6. The molecule has 8 unspecified atom stereocenters. The van der Waals surface area contributed by atoms with Crippen LogP contribution in [0.25, 0.3) is 0 Å². The number of aliphatic hydroxyl groups is 6. The number of phosphoric ester groups is 2. The van der Waals surface area contributed by atoms with Gasteiger partial charge in [-0.05, 0) is 12.8 Å². The van der Waals surface area contributed by atoms with Gasteiger partial charge in [-0.2, -0.15) is 4.31 Å². The van der Waals surface area contributed by atoms with Crippen molar-refractivity contribution >= 4 is 21.6 Å². The third kappa shape index (κ3) is 10.5. The van der Waals surface area contributed by atoms with E-state index in [4.69, 9.17) is 41.7 Å². The molecule has 24 heteroatoms. The number of H-pyrrole nitrogens is 1. The molecule has 8 N–H and O–H groups in total. The van der Waals surface area contributed by atoms with Crippen LogP contribution in [0.5, 0.6) is 0 Å². The lowest BCUT2D eigenvalue weighted by atomic mass is 9.97. The molecule has 0 aliphatic carbocycles. The first-order valence-corrected chi connectivity index (χ1v) is 17.4. The average molecular weight is 738 g/mol. The minimum absolute atomic E-state index is 0.0643. The summed E-state index contributed by atoms with van der Waals surface area (Å²) in [6.07, 6.45) is -12.0. The Morgan fingerprint density at radius 2 is 1.62 bits per heavy atom. The quantitative estimate of drug-likeness (QED) is 0.0512. The van der Waals surface area contributed by atoms with Gasteiger partial charge in [0.25, 0.3) is 5.56 Å². The van der Waals surface area contributed by atoms with Gasteiger partial charge in [-0.1, -0.05) is 0 Å². The molecule has 22 nitrogen and oxygen atoms in total. The van der Waals surface area contributed by atoms with Crippen LogP contribution in [0.1, 0.15) is 25.5 Å². The van der Waals surface area contributed by atoms with E-state index in [9.17, 15) is 49.0 Å². The number of phosphoric acid groups is 2. The lowest BCUT2D eigenvalue weighted by Crippen LogP contribution is -2.64. The second-order valence-corrected chi connectivity index (χ2v) is 14.0. The predicted molar refractivity (Wildman–Crippen MR) is 156 cm³/mol. The number of nitrogens with one attached hydrogen (secondary N) is 2. The number of aliphatic hydroxyl groups excluding tert-OH is 6. The number of amides is 1. The highest BCUT2D eigenvalue weighted by atomic mass is 31.3. The molecule has 0 spiro atoms. The smallest absolute Gasteiger partial charge is 0.396 e. The van der Waals surface area contributed by atoms with E-state index in [0.29, 0.717) is 6.42 Å². The van der Waals surface area contributed by atoms with Gasteiger partial charge in [0.1, 0.15) is 42.7 Å². The molecular formula is C24H41N3O19P2. The Morgan fingerprint density at radius 1 is 0.958 bits per heavy atom. The van der Waals surface area contributed by atoms with E-state index in [0.717, 1.165) is 31.0 Å². The van der Waals surface area contributed by atoms with Crippen molar-refractivity contribution in [3.8, 4) is 0 Å². The maximum Gasteiger partial charge on any atom is 0.485 e. The number of carbonyl (C=O) groups excluding carboxylic acids is 1. The zero-order chi connectivity index (χ0) is 35.6. The van der Waals surface area contributed by atoms with Crippen LogP contribution in [-0.2, 0) is 50.5 Å². The van der Waals surface area contributed by atoms with Crippen LogP contribution in [0.2, 0.25) is 0 Å². The van der Waals surface area contributed by atoms with Gasteiger partial charge in [-0.3, -0.25) is 37.2 Å². The fourth-order valence-corrected chi connectivity index (χ4v) is 7.34. The number of carbonyl (C=O) groups is 1. The predicted octanol–water partition coefficient (Wildman–Crippen LogP) is -3.18. The Balaban J connectivity index is 1.69. The van der Waals surface area contributed by atoms with Gasteiger partial charge in [-0.15, -0.1) is 0 Å². The first-order chi connectivity index (χ1) is 22.7. The molecule has 0 radical (unpaired) electrons. The van der Waals surface area contributed by atoms with Crippen molar-refractivity contribution in [2.45, 2.75) is 74.4 Å².